The zero-order valence-electron chi connectivity index (χ0n) is 12.7. The van der Waals surface area contributed by atoms with Crippen molar-refractivity contribution in [2.75, 3.05) is 0 Å². The Kier molecular flexibility index (Phi) is 3.20. The van der Waals surface area contributed by atoms with E-state index >= 15 is 0 Å². The summed E-state index contributed by atoms with van der Waals surface area (Å²) in [5.74, 6) is -0.974. The summed E-state index contributed by atoms with van der Waals surface area (Å²) in [5, 5.41) is 18.2. The second-order valence-electron chi connectivity index (χ2n) is 5.98. The van der Waals surface area contributed by atoms with Gasteiger partial charge in [0.15, 0.2) is 0 Å². The van der Waals surface area contributed by atoms with Gasteiger partial charge in [-0.15, -0.1) is 0 Å². The van der Waals surface area contributed by atoms with Gasteiger partial charge in [-0.1, -0.05) is 0 Å². The predicted molar refractivity (Wildman–Crippen MR) is 75.9 cm³/mol. The molecule has 2 rings (SSSR count). The Hall–Kier alpha value is -2.11. The summed E-state index contributed by atoms with van der Waals surface area (Å²) >= 11 is 0. The molecule has 2 aromatic rings. The van der Waals surface area contributed by atoms with E-state index < -0.39 is 5.97 Å². The minimum absolute atomic E-state index is 0.208. The van der Waals surface area contributed by atoms with Gasteiger partial charge in [0.25, 0.3) is 0 Å². The molecule has 6 nitrogen and oxygen atoms in total. The number of carbonyl (C=O) groups is 1. The molecule has 0 bridgehead atoms. The van der Waals surface area contributed by atoms with E-state index in [-0.39, 0.29) is 11.1 Å². The highest BCUT2D eigenvalue weighted by Crippen LogP contribution is 2.30. The molecule has 2 aromatic heterocycles. The summed E-state index contributed by atoms with van der Waals surface area (Å²) in [7, 11) is 1.84. The van der Waals surface area contributed by atoms with Crippen molar-refractivity contribution in [3.63, 3.8) is 0 Å². The van der Waals surface area contributed by atoms with E-state index in [1.54, 1.807) is 15.6 Å². The minimum atomic E-state index is -0.974. The third-order valence-electron chi connectivity index (χ3n) is 3.38. The van der Waals surface area contributed by atoms with Gasteiger partial charge in [-0.2, -0.15) is 10.2 Å². The van der Waals surface area contributed by atoms with Gasteiger partial charge in [0.1, 0.15) is 11.3 Å². The van der Waals surface area contributed by atoms with Crippen LogP contribution in [0.1, 0.15) is 42.5 Å². The van der Waals surface area contributed by atoms with E-state index in [9.17, 15) is 9.90 Å². The number of aryl methyl sites for hydroxylation is 2. The van der Waals surface area contributed by atoms with Crippen molar-refractivity contribution in [2.45, 2.75) is 40.2 Å². The molecule has 0 spiro atoms. The van der Waals surface area contributed by atoms with Gasteiger partial charge in [0, 0.05) is 24.5 Å². The Labute approximate surface area is 118 Å². The van der Waals surface area contributed by atoms with E-state index in [0.717, 1.165) is 17.0 Å². The molecular formula is C14H20N4O2. The Bertz CT molecular complexity index is 674. The van der Waals surface area contributed by atoms with E-state index in [4.69, 9.17) is 0 Å². The minimum Gasteiger partial charge on any atom is -0.478 e. The molecule has 0 radical (unpaired) electrons. The van der Waals surface area contributed by atoms with Gasteiger partial charge in [-0.3, -0.25) is 9.36 Å². The van der Waals surface area contributed by atoms with Gasteiger partial charge < -0.3 is 5.11 Å². The molecule has 0 saturated carbocycles. The molecule has 0 aromatic carbocycles. The third kappa shape index (κ3) is 2.21. The van der Waals surface area contributed by atoms with Crippen LogP contribution in [0, 0.1) is 13.8 Å². The van der Waals surface area contributed by atoms with Crippen LogP contribution in [0.2, 0.25) is 0 Å². The molecule has 0 fully saturated rings. The second kappa shape index (κ2) is 4.47. The highest BCUT2D eigenvalue weighted by Gasteiger charge is 2.25. The normalized spacial score (nSPS) is 11.9. The quantitative estimate of drug-likeness (QED) is 0.913. The summed E-state index contributed by atoms with van der Waals surface area (Å²) in [6.45, 7) is 9.73. The highest BCUT2D eigenvalue weighted by molar-refractivity contribution is 5.95. The van der Waals surface area contributed by atoms with Crippen molar-refractivity contribution in [3.8, 4) is 11.3 Å². The van der Waals surface area contributed by atoms with Crippen LogP contribution in [0.4, 0.5) is 0 Å². The molecule has 0 saturated heterocycles. The van der Waals surface area contributed by atoms with Gasteiger partial charge >= 0.3 is 5.97 Å². The highest BCUT2D eigenvalue weighted by atomic mass is 16.4. The lowest BCUT2D eigenvalue weighted by Gasteiger charge is -2.18. The number of carboxylic acids is 1. The first-order chi connectivity index (χ1) is 9.12. The Morgan fingerprint density at radius 3 is 2.25 bits per heavy atom. The number of hydrogen-bond donors (Lipinski definition) is 1. The van der Waals surface area contributed by atoms with E-state index in [2.05, 4.69) is 10.2 Å². The average Bonchev–Trinajstić information content (AvgIpc) is 2.81. The van der Waals surface area contributed by atoms with Crippen LogP contribution in [0.3, 0.4) is 0 Å². The van der Waals surface area contributed by atoms with Crippen molar-refractivity contribution in [1.82, 2.24) is 19.6 Å². The summed E-state index contributed by atoms with van der Waals surface area (Å²) in [6.07, 6.45) is 1.59. The van der Waals surface area contributed by atoms with Crippen LogP contribution in [0.25, 0.3) is 11.3 Å². The fourth-order valence-electron chi connectivity index (χ4n) is 2.18. The first-order valence-corrected chi connectivity index (χ1v) is 6.47. The van der Waals surface area contributed by atoms with Crippen molar-refractivity contribution in [3.05, 3.63) is 23.1 Å². The van der Waals surface area contributed by atoms with Crippen LogP contribution in [0.5, 0.6) is 0 Å². The number of rotatable bonds is 2. The van der Waals surface area contributed by atoms with Gasteiger partial charge in [0.05, 0.1) is 11.2 Å². The van der Waals surface area contributed by atoms with Crippen molar-refractivity contribution in [2.24, 2.45) is 7.05 Å². The standard InChI is InChI=1S/C14H20N4O2/c1-8-11(9(2)17(6)15-8)12-10(13(19)20)7-18(16-12)14(3,4)5/h7H,1-6H3,(H,19,20). The van der Waals surface area contributed by atoms with Crippen molar-refractivity contribution < 1.29 is 9.90 Å². The predicted octanol–water partition coefficient (Wildman–Crippen LogP) is 2.35. The van der Waals surface area contributed by atoms with Crippen LogP contribution in [-0.2, 0) is 12.6 Å². The molecule has 0 unspecified atom stereocenters. The van der Waals surface area contributed by atoms with E-state index in [0.29, 0.717) is 5.69 Å². The monoisotopic (exact) mass is 276 g/mol. The van der Waals surface area contributed by atoms with Crippen molar-refractivity contribution in [1.29, 1.82) is 0 Å². The fraction of sp³-hybridized carbons (Fsp3) is 0.500. The van der Waals surface area contributed by atoms with Crippen LogP contribution >= 0.6 is 0 Å². The Balaban J connectivity index is 2.73. The molecule has 2 heterocycles. The SMILES string of the molecule is Cc1nn(C)c(C)c1-c1nn(C(C)(C)C)cc1C(=O)O. The fourth-order valence-corrected chi connectivity index (χ4v) is 2.18. The maximum atomic E-state index is 11.5. The van der Waals surface area contributed by atoms with Crippen LogP contribution in [-0.4, -0.2) is 30.6 Å². The lowest BCUT2D eigenvalue weighted by Crippen LogP contribution is -2.22. The molecule has 1 N–H and O–H groups in total. The molecule has 0 atom stereocenters. The molecule has 108 valence electrons. The molecular weight excluding hydrogens is 256 g/mol. The average molecular weight is 276 g/mol. The summed E-state index contributed by atoms with van der Waals surface area (Å²) in [5.41, 5.74) is 2.91. The van der Waals surface area contributed by atoms with E-state index in [1.807, 2.05) is 41.7 Å². The van der Waals surface area contributed by atoms with Gasteiger partial charge in [0.2, 0.25) is 0 Å². The van der Waals surface area contributed by atoms with Crippen LogP contribution in [0.15, 0.2) is 6.20 Å². The smallest absolute Gasteiger partial charge is 0.339 e. The molecule has 6 heteroatoms. The number of nitrogens with zero attached hydrogens (tertiary/aromatic N) is 4. The zero-order chi connectivity index (χ0) is 15.2. The molecule has 0 aliphatic heterocycles. The summed E-state index contributed by atoms with van der Waals surface area (Å²) in [4.78, 5) is 11.5. The molecule has 0 aliphatic rings. The largest absolute Gasteiger partial charge is 0.478 e. The van der Waals surface area contributed by atoms with E-state index in [1.165, 1.54) is 0 Å². The first kappa shape index (κ1) is 14.3. The number of hydrogen-bond acceptors (Lipinski definition) is 3. The number of carboxylic acid groups (broad SMARTS) is 1. The molecule has 0 amide bonds. The summed E-state index contributed by atoms with van der Waals surface area (Å²) in [6, 6.07) is 0. The molecule has 0 aliphatic carbocycles. The number of aromatic nitrogens is 4. The van der Waals surface area contributed by atoms with Crippen molar-refractivity contribution >= 4 is 5.97 Å². The number of aromatic carboxylic acids is 1. The van der Waals surface area contributed by atoms with Gasteiger partial charge in [-0.05, 0) is 34.6 Å². The topological polar surface area (TPSA) is 72.9 Å². The summed E-state index contributed by atoms with van der Waals surface area (Å²) < 4.78 is 3.43. The maximum Gasteiger partial charge on any atom is 0.339 e. The second-order valence-corrected chi connectivity index (χ2v) is 5.98. The lowest BCUT2D eigenvalue weighted by atomic mass is 10.1. The third-order valence-corrected chi connectivity index (χ3v) is 3.38. The Morgan fingerprint density at radius 1 is 1.25 bits per heavy atom. The Morgan fingerprint density at radius 2 is 1.85 bits per heavy atom. The van der Waals surface area contributed by atoms with Crippen LogP contribution < -0.4 is 0 Å². The maximum absolute atomic E-state index is 11.5. The van der Waals surface area contributed by atoms with Gasteiger partial charge in [-0.25, -0.2) is 4.79 Å². The zero-order valence-corrected chi connectivity index (χ0v) is 12.7. The lowest BCUT2D eigenvalue weighted by molar-refractivity contribution is 0.0697. The first-order valence-electron chi connectivity index (χ1n) is 6.47. The molecule has 20 heavy (non-hydrogen) atoms.